The lowest BCUT2D eigenvalue weighted by atomic mass is 10.2. The Morgan fingerprint density at radius 3 is 2.50 bits per heavy atom. The average molecular weight is 392 g/mol. The summed E-state index contributed by atoms with van der Waals surface area (Å²) >= 11 is 12.2. The predicted molar refractivity (Wildman–Crippen MR) is 102 cm³/mol. The molecule has 0 bridgehead atoms. The minimum Gasteiger partial charge on any atom is -0.319 e. The summed E-state index contributed by atoms with van der Waals surface area (Å²) < 4.78 is 15.7. The zero-order chi connectivity index (χ0) is 18.8. The van der Waals surface area contributed by atoms with Crippen molar-refractivity contribution in [2.45, 2.75) is 20.4 Å². The Hall–Kier alpha value is -2.37. The van der Waals surface area contributed by atoms with Gasteiger partial charge in [0.15, 0.2) is 0 Å². The van der Waals surface area contributed by atoms with Gasteiger partial charge in [-0.3, -0.25) is 9.48 Å². The molecule has 0 aliphatic rings. The van der Waals surface area contributed by atoms with Crippen molar-refractivity contribution in [1.82, 2.24) is 9.78 Å². The summed E-state index contributed by atoms with van der Waals surface area (Å²) in [5.41, 5.74) is 2.61. The van der Waals surface area contributed by atoms with Crippen molar-refractivity contribution in [2.24, 2.45) is 0 Å². The van der Waals surface area contributed by atoms with E-state index in [9.17, 15) is 9.18 Å². The molecule has 0 aliphatic heterocycles. The van der Waals surface area contributed by atoms with Gasteiger partial charge >= 0.3 is 0 Å². The largest absolute Gasteiger partial charge is 0.319 e. The van der Waals surface area contributed by atoms with E-state index in [0.29, 0.717) is 38.2 Å². The molecule has 0 fully saturated rings. The second-order valence-corrected chi connectivity index (χ2v) is 6.65. The van der Waals surface area contributed by atoms with E-state index >= 15 is 0 Å². The molecule has 1 aromatic heterocycles. The molecular formula is C19H16Cl2FN3O. The van der Waals surface area contributed by atoms with Crippen LogP contribution in [0.1, 0.15) is 27.3 Å². The van der Waals surface area contributed by atoms with Gasteiger partial charge < -0.3 is 5.32 Å². The molecule has 0 spiro atoms. The van der Waals surface area contributed by atoms with Crippen molar-refractivity contribution in [1.29, 1.82) is 0 Å². The topological polar surface area (TPSA) is 46.9 Å². The van der Waals surface area contributed by atoms with Crippen LogP contribution in [0.2, 0.25) is 10.0 Å². The van der Waals surface area contributed by atoms with Crippen LogP contribution in [0.25, 0.3) is 0 Å². The number of carbonyl (C=O) groups excluding carboxylic acids is 1. The van der Waals surface area contributed by atoms with E-state index in [1.54, 1.807) is 54.9 Å². The smallest absolute Gasteiger partial charge is 0.257 e. The number of hydrogen-bond acceptors (Lipinski definition) is 2. The highest BCUT2D eigenvalue weighted by Crippen LogP contribution is 2.25. The van der Waals surface area contributed by atoms with E-state index in [1.807, 2.05) is 0 Å². The molecular weight excluding hydrogens is 376 g/mol. The number of carbonyl (C=O) groups is 1. The molecule has 0 atom stereocenters. The van der Waals surface area contributed by atoms with Crippen LogP contribution in [-0.2, 0) is 6.54 Å². The van der Waals surface area contributed by atoms with Gasteiger partial charge in [0.1, 0.15) is 5.82 Å². The summed E-state index contributed by atoms with van der Waals surface area (Å²) in [7, 11) is 0. The molecule has 0 radical (unpaired) electrons. The molecule has 1 N–H and O–H groups in total. The van der Waals surface area contributed by atoms with Crippen LogP contribution >= 0.6 is 23.2 Å². The highest BCUT2D eigenvalue weighted by Gasteiger charge is 2.18. The van der Waals surface area contributed by atoms with Crippen molar-refractivity contribution < 1.29 is 9.18 Å². The van der Waals surface area contributed by atoms with Gasteiger partial charge in [0, 0.05) is 10.6 Å². The summed E-state index contributed by atoms with van der Waals surface area (Å²) in [4.78, 5) is 12.5. The van der Waals surface area contributed by atoms with Crippen molar-refractivity contribution in [3.8, 4) is 0 Å². The van der Waals surface area contributed by atoms with Crippen LogP contribution in [0.3, 0.4) is 0 Å². The number of amides is 1. The maximum atomic E-state index is 14.0. The molecule has 0 saturated carbocycles. The Balaban J connectivity index is 1.89. The van der Waals surface area contributed by atoms with Crippen LogP contribution in [-0.4, -0.2) is 15.7 Å². The molecule has 7 heteroatoms. The van der Waals surface area contributed by atoms with E-state index in [1.165, 1.54) is 6.07 Å². The fraction of sp³-hybridized carbons (Fsp3) is 0.158. The van der Waals surface area contributed by atoms with E-state index in [2.05, 4.69) is 10.4 Å². The molecule has 134 valence electrons. The Labute approximate surface area is 160 Å². The van der Waals surface area contributed by atoms with Crippen molar-refractivity contribution >= 4 is 34.8 Å². The second kappa shape index (κ2) is 7.48. The number of anilines is 1. The Kier molecular flexibility index (Phi) is 5.30. The molecule has 1 amide bonds. The van der Waals surface area contributed by atoms with Crippen molar-refractivity contribution in [3.05, 3.63) is 80.8 Å². The number of benzene rings is 2. The number of nitrogens with zero attached hydrogens (tertiary/aromatic N) is 2. The van der Waals surface area contributed by atoms with Gasteiger partial charge in [-0.2, -0.15) is 5.10 Å². The third-order valence-corrected chi connectivity index (χ3v) is 4.79. The lowest BCUT2D eigenvalue weighted by Crippen LogP contribution is -2.14. The summed E-state index contributed by atoms with van der Waals surface area (Å²) in [6, 6.07) is 11.3. The summed E-state index contributed by atoms with van der Waals surface area (Å²) in [6.45, 7) is 3.74. The van der Waals surface area contributed by atoms with Gasteiger partial charge in [-0.15, -0.1) is 0 Å². The average Bonchev–Trinajstić information content (AvgIpc) is 2.86. The van der Waals surface area contributed by atoms with Crippen LogP contribution in [0.5, 0.6) is 0 Å². The lowest BCUT2D eigenvalue weighted by Gasteiger charge is -2.09. The van der Waals surface area contributed by atoms with Crippen LogP contribution in [0.4, 0.5) is 10.1 Å². The first kappa shape index (κ1) is 18.4. The standard InChI is InChI=1S/C19H16Cl2FN3O/c1-11-18(23-19(26)13-6-3-4-7-15(13)20)12(2)25(24-11)10-14-16(21)8-5-9-17(14)22/h3-9H,10H2,1-2H3,(H,23,26). The van der Waals surface area contributed by atoms with E-state index in [0.717, 1.165) is 0 Å². The Morgan fingerprint density at radius 1 is 1.12 bits per heavy atom. The number of aryl methyl sites for hydroxylation is 1. The molecule has 3 aromatic rings. The SMILES string of the molecule is Cc1nn(Cc2c(F)cccc2Cl)c(C)c1NC(=O)c1ccccc1Cl. The van der Waals surface area contributed by atoms with E-state index in [4.69, 9.17) is 23.2 Å². The fourth-order valence-electron chi connectivity index (χ4n) is 2.69. The van der Waals surface area contributed by atoms with Gasteiger partial charge in [-0.05, 0) is 38.1 Å². The third kappa shape index (κ3) is 3.59. The van der Waals surface area contributed by atoms with E-state index < -0.39 is 5.82 Å². The number of nitrogens with one attached hydrogen (secondary N) is 1. The number of halogens is 3. The molecule has 0 unspecified atom stereocenters. The van der Waals surface area contributed by atoms with Gasteiger partial charge in [-0.25, -0.2) is 4.39 Å². The zero-order valence-electron chi connectivity index (χ0n) is 14.2. The van der Waals surface area contributed by atoms with Crippen molar-refractivity contribution in [3.63, 3.8) is 0 Å². The first-order valence-electron chi connectivity index (χ1n) is 7.91. The zero-order valence-corrected chi connectivity index (χ0v) is 15.7. The molecule has 2 aromatic carbocycles. The number of hydrogen-bond donors (Lipinski definition) is 1. The molecule has 0 aliphatic carbocycles. The highest BCUT2D eigenvalue weighted by molar-refractivity contribution is 6.34. The maximum Gasteiger partial charge on any atom is 0.257 e. The van der Waals surface area contributed by atoms with E-state index in [-0.39, 0.29) is 12.5 Å². The first-order chi connectivity index (χ1) is 12.4. The van der Waals surface area contributed by atoms with Crippen LogP contribution in [0.15, 0.2) is 42.5 Å². The maximum absolute atomic E-state index is 14.0. The number of rotatable bonds is 4. The summed E-state index contributed by atoms with van der Waals surface area (Å²) in [5.74, 6) is -0.725. The summed E-state index contributed by atoms with van der Waals surface area (Å²) in [5, 5.41) is 7.94. The number of aromatic nitrogens is 2. The lowest BCUT2D eigenvalue weighted by molar-refractivity contribution is 0.102. The quantitative estimate of drug-likeness (QED) is 0.660. The Bertz CT molecular complexity index is 965. The minimum atomic E-state index is -0.397. The molecule has 0 saturated heterocycles. The van der Waals surface area contributed by atoms with Crippen molar-refractivity contribution in [2.75, 3.05) is 5.32 Å². The second-order valence-electron chi connectivity index (χ2n) is 5.84. The van der Waals surface area contributed by atoms with Gasteiger partial charge in [0.05, 0.1) is 34.2 Å². The minimum absolute atomic E-state index is 0.167. The van der Waals surface area contributed by atoms with Gasteiger partial charge in [0.25, 0.3) is 5.91 Å². The first-order valence-corrected chi connectivity index (χ1v) is 8.67. The monoisotopic (exact) mass is 391 g/mol. The Morgan fingerprint density at radius 2 is 1.81 bits per heavy atom. The predicted octanol–water partition coefficient (Wildman–Crippen LogP) is 5.25. The van der Waals surface area contributed by atoms with Crippen LogP contribution in [0, 0.1) is 19.7 Å². The molecule has 4 nitrogen and oxygen atoms in total. The molecule has 3 rings (SSSR count). The third-order valence-electron chi connectivity index (χ3n) is 4.11. The summed E-state index contributed by atoms with van der Waals surface area (Å²) in [6.07, 6.45) is 0. The van der Waals surface area contributed by atoms with Gasteiger partial charge in [-0.1, -0.05) is 41.4 Å². The van der Waals surface area contributed by atoms with Crippen LogP contribution < -0.4 is 5.32 Å². The highest BCUT2D eigenvalue weighted by atomic mass is 35.5. The normalized spacial score (nSPS) is 10.8. The molecule has 1 heterocycles. The molecule has 26 heavy (non-hydrogen) atoms. The van der Waals surface area contributed by atoms with Gasteiger partial charge in [0.2, 0.25) is 0 Å². The fourth-order valence-corrected chi connectivity index (χ4v) is 3.14.